The molecule has 3 heteroatoms. The van der Waals surface area contributed by atoms with E-state index in [1.54, 1.807) is 7.11 Å². The molecular formula is C15H24N2O. The molecule has 0 spiro atoms. The largest absolute Gasteiger partial charge is 0.497 e. The molecule has 2 rings (SSSR count). The van der Waals surface area contributed by atoms with E-state index in [1.807, 2.05) is 6.07 Å². The average Bonchev–Trinajstić information content (AvgIpc) is 2.48. The number of ether oxygens (including phenoxy) is 1. The van der Waals surface area contributed by atoms with Gasteiger partial charge in [-0.25, -0.2) is 0 Å². The molecule has 0 amide bonds. The first-order valence-corrected chi connectivity index (χ1v) is 6.67. The van der Waals surface area contributed by atoms with Gasteiger partial charge in [0.2, 0.25) is 0 Å². The maximum absolute atomic E-state index is 5.32. The molecule has 1 aromatic carbocycles. The number of nitrogens with zero attached hydrogens (tertiary/aromatic N) is 1. The van der Waals surface area contributed by atoms with Gasteiger partial charge in [0.1, 0.15) is 5.75 Å². The maximum atomic E-state index is 5.32. The molecule has 0 bridgehead atoms. The van der Waals surface area contributed by atoms with E-state index in [2.05, 4.69) is 49.2 Å². The lowest BCUT2D eigenvalue weighted by Gasteiger charge is -2.35. The third-order valence-corrected chi connectivity index (χ3v) is 3.65. The van der Waals surface area contributed by atoms with Crippen molar-refractivity contribution in [3.05, 3.63) is 24.3 Å². The molecule has 1 fully saturated rings. The molecule has 1 heterocycles. The minimum atomic E-state index is 0.147. The van der Waals surface area contributed by atoms with Crippen LogP contribution in [0.2, 0.25) is 0 Å². The summed E-state index contributed by atoms with van der Waals surface area (Å²) in [4.78, 5) is 2.47. The Morgan fingerprint density at radius 2 is 2.17 bits per heavy atom. The van der Waals surface area contributed by atoms with Crippen molar-refractivity contribution in [2.24, 2.45) is 0 Å². The molecule has 1 atom stereocenters. The monoisotopic (exact) mass is 248 g/mol. The Balaban J connectivity index is 2.27. The van der Waals surface area contributed by atoms with Crippen molar-refractivity contribution in [1.82, 2.24) is 5.32 Å². The highest BCUT2D eigenvalue weighted by Gasteiger charge is 2.28. The number of benzene rings is 1. The number of hydrogen-bond acceptors (Lipinski definition) is 3. The minimum absolute atomic E-state index is 0.147. The van der Waals surface area contributed by atoms with E-state index in [-0.39, 0.29) is 5.54 Å². The van der Waals surface area contributed by atoms with Crippen LogP contribution in [0.3, 0.4) is 0 Å². The Labute approximate surface area is 110 Å². The molecule has 3 nitrogen and oxygen atoms in total. The summed E-state index contributed by atoms with van der Waals surface area (Å²) < 4.78 is 5.32. The smallest absolute Gasteiger partial charge is 0.120 e. The molecule has 0 saturated carbocycles. The van der Waals surface area contributed by atoms with Gasteiger partial charge in [0.25, 0.3) is 0 Å². The van der Waals surface area contributed by atoms with Gasteiger partial charge in [0.05, 0.1) is 7.11 Å². The van der Waals surface area contributed by atoms with Crippen molar-refractivity contribution in [2.75, 3.05) is 25.1 Å². The van der Waals surface area contributed by atoms with Gasteiger partial charge in [-0.3, -0.25) is 0 Å². The van der Waals surface area contributed by atoms with Crippen molar-refractivity contribution in [3.8, 4) is 5.75 Å². The maximum Gasteiger partial charge on any atom is 0.120 e. The topological polar surface area (TPSA) is 24.5 Å². The third-order valence-electron chi connectivity index (χ3n) is 3.65. The molecule has 1 unspecified atom stereocenters. The Morgan fingerprint density at radius 1 is 1.39 bits per heavy atom. The first kappa shape index (κ1) is 13.2. The van der Waals surface area contributed by atoms with Crippen LogP contribution in [0.4, 0.5) is 5.69 Å². The van der Waals surface area contributed by atoms with Gasteiger partial charge < -0.3 is 15.0 Å². The van der Waals surface area contributed by atoms with E-state index in [0.717, 1.165) is 18.8 Å². The van der Waals surface area contributed by atoms with Crippen molar-refractivity contribution < 1.29 is 4.74 Å². The SMILES string of the molecule is COc1cccc(N2CC(C)(C)NCCC2C)c1. The number of anilines is 1. The standard InChI is InChI=1S/C15H24N2O/c1-12-8-9-16-15(2,3)11-17(12)13-6-5-7-14(10-13)18-4/h5-7,10,12,16H,8-9,11H2,1-4H3. The Hall–Kier alpha value is -1.22. The van der Waals surface area contributed by atoms with E-state index in [4.69, 9.17) is 4.74 Å². The molecule has 0 radical (unpaired) electrons. The second-order valence-electron chi connectivity index (χ2n) is 5.78. The van der Waals surface area contributed by atoms with Crippen LogP contribution in [0.25, 0.3) is 0 Å². The number of rotatable bonds is 2. The molecule has 0 aliphatic carbocycles. The highest BCUT2D eigenvalue weighted by atomic mass is 16.5. The fraction of sp³-hybridized carbons (Fsp3) is 0.600. The fourth-order valence-corrected chi connectivity index (χ4v) is 2.55. The highest BCUT2D eigenvalue weighted by molar-refractivity contribution is 5.52. The van der Waals surface area contributed by atoms with Crippen LogP contribution in [-0.2, 0) is 0 Å². The van der Waals surface area contributed by atoms with Crippen molar-refractivity contribution in [1.29, 1.82) is 0 Å². The lowest BCUT2D eigenvalue weighted by Crippen LogP contribution is -2.47. The van der Waals surface area contributed by atoms with Crippen LogP contribution in [-0.4, -0.2) is 31.8 Å². The van der Waals surface area contributed by atoms with Crippen LogP contribution in [0.15, 0.2) is 24.3 Å². The first-order valence-electron chi connectivity index (χ1n) is 6.67. The molecule has 1 aromatic rings. The van der Waals surface area contributed by atoms with E-state index in [1.165, 1.54) is 12.1 Å². The zero-order chi connectivity index (χ0) is 13.2. The quantitative estimate of drug-likeness (QED) is 0.871. The zero-order valence-electron chi connectivity index (χ0n) is 11.9. The molecule has 100 valence electrons. The normalized spacial score (nSPS) is 23.6. The molecule has 18 heavy (non-hydrogen) atoms. The minimum Gasteiger partial charge on any atom is -0.497 e. The van der Waals surface area contributed by atoms with Crippen LogP contribution in [0.1, 0.15) is 27.2 Å². The summed E-state index contributed by atoms with van der Waals surface area (Å²) in [5.74, 6) is 0.926. The summed E-state index contributed by atoms with van der Waals surface area (Å²) in [6.45, 7) is 8.91. The average molecular weight is 248 g/mol. The number of nitrogens with one attached hydrogen (secondary N) is 1. The van der Waals surface area contributed by atoms with Crippen molar-refractivity contribution >= 4 is 5.69 Å². The molecule has 1 saturated heterocycles. The predicted octanol–water partition coefficient (Wildman–Crippen LogP) is 2.66. The van der Waals surface area contributed by atoms with Crippen LogP contribution < -0.4 is 15.0 Å². The van der Waals surface area contributed by atoms with Crippen molar-refractivity contribution in [3.63, 3.8) is 0 Å². The van der Waals surface area contributed by atoms with Crippen LogP contribution >= 0.6 is 0 Å². The second kappa shape index (κ2) is 5.19. The molecular weight excluding hydrogens is 224 g/mol. The van der Waals surface area contributed by atoms with E-state index in [0.29, 0.717) is 6.04 Å². The molecule has 0 aromatic heterocycles. The molecule has 1 N–H and O–H groups in total. The number of methoxy groups -OCH3 is 1. The lowest BCUT2D eigenvalue weighted by atomic mass is 10.0. The van der Waals surface area contributed by atoms with Gasteiger partial charge >= 0.3 is 0 Å². The summed E-state index contributed by atoms with van der Waals surface area (Å²) >= 11 is 0. The molecule has 1 aliphatic heterocycles. The van der Waals surface area contributed by atoms with Gasteiger partial charge in [-0.15, -0.1) is 0 Å². The van der Waals surface area contributed by atoms with Crippen molar-refractivity contribution in [2.45, 2.75) is 38.8 Å². The van der Waals surface area contributed by atoms with Gasteiger partial charge in [-0.1, -0.05) is 6.07 Å². The lowest BCUT2D eigenvalue weighted by molar-refractivity contribution is 0.410. The summed E-state index contributed by atoms with van der Waals surface area (Å²) in [5.41, 5.74) is 1.40. The Morgan fingerprint density at radius 3 is 2.89 bits per heavy atom. The van der Waals surface area contributed by atoms with Crippen LogP contribution in [0, 0.1) is 0 Å². The zero-order valence-corrected chi connectivity index (χ0v) is 11.9. The van der Waals surface area contributed by atoms with Gasteiger partial charge in [-0.2, -0.15) is 0 Å². The number of hydrogen-bond donors (Lipinski definition) is 1. The van der Waals surface area contributed by atoms with E-state index < -0.39 is 0 Å². The van der Waals surface area contributed by atoms with E-state index in [9.17, 15) is 0 Å². The summed E-state index contributed by atoms with van der Waals surface area (Å²) in [5, 5.41) is 3.61. The van der Waals surface area contributed by atoms with Crippen LogP contribution in [0.5, 0.6) is 5.75 Å². The highest BCUT2D eigenvalue weighted by Crippen LogP contribution is 2.26. The summed E-state index contributed by atoms with van der Waals surface area (Å²) in [6.07, 6.45) is 1.17. The third kappa shape index (κ3) is 2.96. The summed E-state index contributed by atoms with van der Waals surface area (Å²) in [6, 6.07) is 8.89. The van der Waals surface area contributed by atoms with Gasteiger partial charge in [0, 0.05) is 29.9 Å². The first-order chi connectivity index (χ1) is 8.52. The van der Waals surface area contributed by atoms with Gasteiger partial charge in [-0.05, 0) is 45.9 Å². The Bertz CT molecular complexity index is 403. The molecule has 1 aliphatic rings. The fourth-order valence-electron chi connectivity index (χ4n) is 2.55. The second-order valence-corrected chi connectivity index (χ2v) is 5.78. The predicted molar refractivity (Wildman–Crippen MR) is 76.5 cm³/mol. The van der Waals surface area contributed by atoms with Gasteiger partial charge in [0.15, 0.2) is 0 Å². The Kier molecular flexibility index (Phi) is 3.81. The summed E-state index contributed by atoms with van der Waals surface area (Å²) in [7, 11) is 1.72. The van der Waals surface area contributed by atoms with E-state index >= 15 is 0 Å².